The quantitative estimate of drug-likeness (QED) is 0.301. The number of halogens is 1. The monoisotopic (exact) mass is 455 g/mol. The van der Waals surface area contributed by atoms with E-state index in [1.807, 2.05) is 43.5 Å². The summed E-state index contributed by atoms with van der Waals surface area (Å²) in [6, 6.07) is 13.4. The number of carbonyl (C=O) groups is 1. The van der Waals surface area contributed by atoms with Gasteiger partial charge in [0.15, 0.2) is 5.16 Å². The number of aromatic amines is 1. The summed E-state index contributed by atoms with van der Waals surface area (Å²) in [5.41, 5.74) is 4.30. The van der Waals surface area contributed by atoms with Crippen molar-refractivity contribution >= 4 is 56.5 Å². The lowest BCUT2D eigenvalue weighted by Crippen LogP contribution is -2.16. The van der Waals surface area contributed by atoms with E-state index in [4.69, 9.17) is 11.6 Å². The normalized spacial score (nSPS) is 11.0. The van der Waals surface area contributed by atoms with Crippen LogP contribution in [0.3, 0.4) is 0 Å². The Hall–Kier alpha value is -2.61. The molecule has 0 atom stereocenters. The Morgan fingerprint density at radius 3 is 2.73 bits per heavy atom. The number of nitrogens with one attached hydrogen (secondary N) is 2. The van der Waals surface area contributed by atoms with Crippen molar-refractivity contribution in [2.45, 2.75) is 19.0 Å². The van der Waals surface area contributed by atoms with Gasteiger partial charge in [-0.3, -0.25) is 9.59 Å². The van der Waals surface area contributed by atoms with Crippen molar-refractivity contribution < 1.29 is 4.79 Å². The fraction of sp³-hybridized carbons (Fsp3) is 0.136. The lowest BCUT2D eigenvalue weighted by Gasteiger charge is -2.09. The molecule has 1 amide bonds. The maximum absolute atomic E-state index is 12.7. The van der Waals surface area contributed by atoms with E-state index in [0.29, 0.717) is 26.1 Å². The highest BCUT2D eigenvalue weighted by Gasteiger charge is 2.14. The molecular formula is C22H18ClN3O2S2. The van der Waals surface area contributed by atoms with Crippen LogP contribution in [0.15, 0.2) is 57.8 Å². The summed E-state index contributed by atoms with van der Waals surface area (Å²) in [4.78, 5) is 33.0. The van der Waals surface area contributed by atoms with Crippen LogP contribution in [0.2, 0.25) is 5.02 Å². The van der Waals surface area contributed by atoms with Gasteiger partial charge < -0.3 is 10.3 Å². The number of hydrogen-bond donors (Lipinski definition) is 2. The molecule has 0 aliphatic rings. The van der Waals surface area contributed by atoms with Crippen molar-refractivity contribution in [3.8, 4) is 11.1 Å². The van der Waals surface area contributed by atoms with Crippen LogP contribution in [0.4, 0.5) is 5.69 Å². The van der Waals surface area contributed by atoms with Gasteiger partial charge in [-0.2, -0.15) is 0 Å². The molecule has 30 heavy (non-hydrogen) atoms. The van der Waals surface area contributed by atoms with Crippen LogP contribution in [0.5, 0.6) is 0 Å². The fourth-order valence-electron chi connectivity index (χ4n) is 3.01. The van der Waals surface area contributed by atoms with E-state index < -0.39 is 0 Å². The van der Waals surface area contributed by atoms with Gasteiger partial charge in [0, 0.05) is 21.7 Å². The third-order valence-electron chi connectivity index (χ3n) is 4.67. The Bertz CT molecular complexity index is 1300. The third-order valence-corrected chi connectivity index (χ3v) is 6.82. The van der Waals surface area contributed by atoms with Crippen LogP contribution >= 0.6 is 34.7 Å². The number of aromatic nitrogens is 2. The molecular weight excluding hydrogens is 438 g/mol. The highest BCUT2D eigenvalue weighted by atomic mass is 35.5. The number of nitrogens with zero attached hydrogens (tertiary/aromatic N) is 1. The summed E-state index contributed by atoms with van der Waals surface area (Å²) in [6.07, 6.45) is 0. The minimum Gasteiger partial charge on any atom is -0.325 e. The van der Waals surface area contributed by atoms with E-state index in [-0.39, 0.29) is 17.2 Å². The first-order valence-electron chi connectivity index (χ1n) is 9.18. The molecule has 4 aromatic rings. The van der Waals surface area contributed by atoms with Gasteiger partial charge in [-0.15, -0.1) is 11.3 Å². The molecule has 0 fully saturated rings. The number of aryl methyl sites for hydroxylation is 1. The molecule has 0 spiro atoms. The molecule has 0 unspecified atom stereocenters. The Morgan fingerprint density at radius 1 is 1.20 bits per heavy atom. The predicted molar refractivity (Wildman–Crippen MR) is 126 cm³/mol. The summed E-state index contributed by atoms with van der Waals surface area (Å²) in [7, 11) is 0. The molecule has 4 rings (SSSR count). The maximum Gasteiger partial charge on any atom is 0.260 e. The van der Waals surface area contributed by atoms with E-state index in [1.54, 1.807) is 18.2 Å². The number of benzene rings is 2. The Kier molecular flexibility index (Phi) is 5.94. The van der Waals surface area contributed by atoms with Crippen LogP contribution in [-0.4, -0.2) is 21.6 Å². The lowest BCUT2D eigenvalue weighted by molar-refractivity contribution is -0.113. The van der Waals surface area contributed by atoms with Gasteiger partial charge in [-0.25, -0.2) is 4.98 Å². The molecule has 2 heterocycles. The number of carbonyl (C=O) groups excluding carboxylic acids is 1. The second kappa shape index (κ2) is 8.63. The Morgan fingerprint density at radius 2 is 1.97 bits per heavy atom. The molecule has 2 N–H and O–H groups in total. The molecule has 152 valence electrons. The SMILES string of the molecule is Cc1ccc(-c2csc3nc(SCC(=O)Nc4cccc(Cl)c4C)[nH]c(=O)c23)cc1. The molecule has 2 aromatic heterocycles. The van der Waals surface area contributed by atoms with Crippen molar-refractivity contribution in [3.63, 3.8) is 0 Å². The highest BCUT2D eigenvalue weighted by Crippen LogP contribution is 2.31. The van der Waals surface area contributed by atoms with Crippen LogP contribution in [-0.2, 0) is 4.79 Å². The van der Waals surface area contributed by atoms with Gasteiger partial charge in [0.1, 0.15) is 4.83 Å². The largest absolute Gasteiger partial charge is 0.325 e. The van der Waals surface area contributed by atoms with Crippen molar-refractivity contribution in [1.29, 1.82) is 0 Å². The summed E-state index contributed by atoms with van der Waals surface area (Å²) in [5, 5.41) is 6.38. The van der Waals surface area contributed by atoms with Crippen LogP contribution in [0.25, 0.3) is 21.3 Å². The Labute approximate surface area is 186 Å². The Balaban J connectivity index is 1.51. The molecule has 0 aliphatic carbocycles. The molecule has 0 aliphatic heterocycles. The second-order valence-corrected chi connectivity index (χ2v) is 9.05. The van der Waals surface area contributed by atoms with Gasteiger partial charge in [0.05, 0.1) is 11.1 Å². The summed E-state index contributed by atoms with van der Waals surface area (Å²) in [6.45, 7) is 3.87. The average Bonchev–Trinajstić information content (AvgIpc) is 3.15. The molecule has 0 saturated heterocycles. The topological polar surface area (TPSA) is 74.8 Å². The minimum atomic E-state index is -0.203. The summed E-state index contributed by atoms with van der Waals surface area (Å²) >= 11 is 8.70. The highest BCUT2D eigenvalue weighted by molar-refractivity contribution is 7.99. The number of thiophene rings is 1. The zero-order valence-electron chi connectivity index (χ0n) is 16.3. The molecule has 0 bridgehead atoms. The molecule has 2 aromatic carbocycles. The van der Waals surface area contributed by atoms with Crippen molar-refractivity contribution in [2.75, 3.05) is 11.1 Å². The first-order valence-corrected chi connectivity index (χ1v) is 11.4. The number of amides is 1. The minimum absolute atomic E-state index is 0.122. The second-order valence-electron chi connectivity index (χ2n) is 6.82. The van der Waals surface area contributed by atoms with Gasteiger partial charge in [0.25, 0.3) is 5.56 Å². The standard InChI is InChI=1S/C22H18ClN3O2S2/c1-12-6-8-14(9-7-12)15-10-29-21-19(15)20(28)25-22(26-21)30-11-18(27)24-17-5-3-4-16(23)13(17)2/h3-10H,11H2,1-2H3,(H,24,27)(H,25,26,28). The zero-order chi connectivity index (χ0) is 21.3. The third kappa shape index (κ3) is 4.28. The van der Waals surface area contributed by atoms with Crippen molar-refractivity contribution in [1.82, 2.24) is 9.97 Å². The average molecular weight is 456 g/mol. The predicted octanol–water partition coefficient (Wildman–Crippen LogP) is 5.65. The fourth-order valence-corrected chi connectivity index (χ4v) is 4.85. The van der Waals surface area contributed by atoms with E-state index in [9.17, 15) is 9.59 Å². The van der Waals surface area contributed by atoms with Crippen molar-refractivity contribution in [3.05, 3.63) is 74.3 Å². The van der Waals surface area contributed by atoms with Gasteiger partial charge in [-0.1, -0.05) is 59.3 Å². The molecule has 0 radical (unpaired) electrons. The van der Waals surface area contributed by atoms with Gasteiger partial charge >= 0.3 is 0 Å². The molecule has 8 heteroatoms. The number of anilines is 1. The number of rotatable bonds is 5. The van der Waals surface area contributed by atoms with E-state index in [2.05, 4.69) is 15.3 Å². The van der Waals surface area contributed by atoms with Gasteiger partial charge in [0.2, 0.25) is 5.91 Å². The number of hydrogen-bond acceptors (Lipinski definition) is 5. The number of fused-ring (bicyclic) bond motifs is 1. The number of H-pyrrole nitrogens is 1. The smallest absolute Gasteiger partial charge is 0.260 e. The summed E-state index contributed by atoms with van der Waals surface area (Å²) in [5.74, 6) is -0.0732. The van der Waals surface area contributed by atoms with Gasteiger partial charge in [-0.05, 0) is 37.1 Å². The van der Waals surface area contributed by atoms with Crippen LogP contribution in [0, 0.1) is 13.8 Å². The number of thioether (sulfide) groups is 1. The van der Waals surface area contributed by atoms with Crippen molar-refractivity contribution in [2.24, 2.45) is 0 Å². The lowest BCUT2D eigenvalue weighted by atomic mass is 10.1. The van der Waals surface area contributed by atoms with Crippen LogP contribution in [0.1, 0.15) is 11.1 Å². The first-order chi connectivity index (χ1) is 14.4. The van der Waals surface area contributed by atoms with E-state index in [1.165, 1.54) is 23.1 Å². The zero-order valence-corrected chi connectivity index (χ0v) is 18.7. The summed E-state index contributed by atoms with van der Waals surface area (Å²) < 4.78 is 0. The molecule has 5 nitrogen and oxygen atoms in total. The van der Waals surface area contributed by atoms with E-state index in [0.717, 1.165) is 22.3 Å². The van der Waals surface area contributed by atoms with Crippen LogP contribution < -0.4 is 10.9 Å². The first kappa shape index (κ1) is 20.7. The molecule has 0 saturated carbocycles. The maximum atomic E-state index is 12.7. The van der Waals surface area contributed by atoms with E-state index >= 15 is 0 Å².